The number of hydrogen-bond donors (Lipinski definition) is 1. The van der Waals surface area contributed by atoms with Crippen LogP contribution >= 0.6 is 27.7 Å². The van der Waals surface area contributed by atoms with E-state index in [2.05, 4.69) is 21.2 Å². The zero-order valence-electron chi connectivity index (χ0n) is 9.62. The molecule has 0 radical (unpaired) electrons. The molecule has 0 bridgehead atoms. The highest BCUT2D eigenvalue weighted by Crippen LogP contribution is 2.24. The first-order valence-corrected chi connectivity index (χ1v) is 7.75. The number of hydrogen-bond acceptors (Lipinski definition) is 2. The van der Waals surface area contributed by atoms with Crippen LogP contribution in [0.3, 0.4) is 0 Å². The molecule has 1 atom stereocenters. The third-order valence-corrected chi connectivity index (χ3v) is 4.80. The van der Waals surface area contributed by atoms with Gasteiger partial charge < -0.3 is 5.32 Å². The lowest BCUT2D eigenvalue weighted by molar-refractivity contribution is 0.0953. The SMILES string of the molecule is O=C(NCC1CCCCS1)c1ccc(Br)cc1. The van der Waals surface area contributed by atoms with Gasteiger partial charge in [-0.3, -0.25) is 4.79 Å². The highest BCUT2D eigenvalue weighted by molar-refractivity contribution is 9.10. The minimum atomic E-state index is 0.0312. The van der Waals surface area contributed by atoms with E-state index in [-0.39, 0.29) is 5.91 Å². The van der Waals surface area contributed by atoms with Crippen molar-refractivity contribution in [2.45, 2.75) is 24.5 Å². The number of carbonyl (C=O) groups excluding carboxylic acids is 1. The third kappa shape index (κ3) is 4.03. The number of halogens is 1. The third-order valence-electron chi connectivity index (χ3n) is 2.87. The second kappa shape index (κ2) is 6.45. The Bertz CT molecular complexity index is 374. The largest absolute Gasteiger partial charge is 0.351 e. The normalized spacial score (nSPS) is 19.9. The van der Waals surface area contributed by atoms with Crippen LogP contribution in [0.15, 0.2) is 28.7 Å². The lowest BCUT2D eigenvalue weighted by Gasteiger charge is -2.21. The first-order valence-electron chi connectivity index (χ1n) is 5.91. The first kappa shape index (κ1) is 13.0. The Morgan fingerprint density at radius 2 is 2.12 bits per heavy atom. The summed E-state index contributed by atoms with van der Waals surface area (Å²) in [6.07, 6.45) is 3.85. The molecular formula is C13H16BrNOS. The summed E-state index contributed by atoms with van der Waals surface area (Å²) in [6.45, 7) is 0.791. The Balaban J connectivity index is 1.82. The molecule has 1 aromatic rings. The summed E-state index contributed by atoms with van der Waals surface area (Å²) < 4.78 is 0.997. The Morgan fingerprint density at radius 1 is 1.35 bits per heavy atom. The molecule has 1 fully saturated rings. The fourth-order valence-corrected chi connectivity index (χ4v) is 3.38. The molecule has 1 aromatic carbocycles. The van der Waals surface area contributed by atoms with Crippen LogP contribution in [0.2, 0.25) is 0 Å². The molecular weight excluding hydrogens is 298 g/mol. The van der Waals surface area contributed by atoms with Crippen molar-refractivity contribution in [1.82, 2.24) is 5.32 Å². The van der Waals surface area contributed by atoms with Crippen molar-refractivity contribution in [3.63, 3.8) is 0 Å². The standard InChI is InChI=1S/C13H16BrNOS/c14-11-6-4-10(5-7-11)13(16)15-9-12-3-1-2-8-17-12/h4-7,12H,1-3,8-9H2,(H,15,16). The Kier molecular flexibility index (Phi) is 4.92. The van der Waals surface area contributed by atoms with Crippen LogP contribution in [0.1, 0.15) is 29.6 Å². The molecule has 2 nitrogen and oxygen atoms in total. The van der Waals surface area contributed by atoms with E-state index < -0.39 is 0 Å². The summed E-state index contributed by atoms with van der Waals surface area (Å²) in [5.74, 6) is 1.27. The zero-order valence-corrected chi connectivity index (χ0v) is 12.0. The topological polar surface area (TPSA) is 29.1 Å². The smallest absolute Gasteiger partial charge is 0.251 e. The first-order chi connectivity index (χ1) is 8.25. The fourth-order valence-electron chi connectivity index (χ4n) is 1.88. The van der Waals surface area contributed by atoms with E-state index in [0.717, 1.165) is 16.6 Å². The monoisotopic (exact) mass is 313 g/mol. The molecule has 17 heavy (non-hydrogen) atoms. The van der Waals surface area contributed by atoms with Gasteiger partial charge in [0.1, 0.15) is 0 Å². The van der Waals surface area contributed by atoms with Crippen LogP contribution in [0, 0.1) is 0 Å². The van der Waals surface area contributed by atoms with Gasteiger partial charge in [0.15, 0.2) is 0 Å². The number of rotatable bonds is 3. The van der Waals surface area contributed by atoms with Gasteiger partial charge in [-0.05, 0) is 42.9 Å². The number of benzene rings is 1. The van der Waals surface area contributed by atoms with E-state index in [1.54, 1.807) is 0 Å². The Morgan fingerprint density at radius 3 is 2.76 bits per heavy atom. The van der Waals surface area contributed by atoms with E-state index in [9.17, 15) is 4.79 Å². The average molecular weight is 314 g/mol. The molecule has 1 N–H and O–H groups in total. The fraction of sp³-hybridized carbons (Fsp3) is 0.462. The van der Waals surface area contributed by atoms with Gasteiger partial charge in [0.05, 0.1) is 0 Å². The molecule has 0 aliphatic carbocycles. The summed E-state index contributed by atoms with van der Waals surface area (Å²) in [6, 6.07) is 7.47. The van der Waals surface area contributed by atoms with Crippen LogP contribution in [0.25, 0.3) is 0 Å². The molecule has 1 amide bonds. The summed E-state index contributed by atoms with van der Waals surface area (Å²) >= 11 is 5.34. The highest BCUT2D eigenvalue weighted by atomic mass is 79.9. The average Bonchev–Trinajstić information content (AvgIpc) is 2.38. The lowest BCUT2D eigenvalue weighted by atomic mass is 10.2. The molecule has 1 saturated heterocycles. The van der Waals surface area contributed by atoms with Crippen LogP contribution in [0.5, 0.6) is 0 Å². The summed E-state index contributed by atoms with van der Waals surface area (Å²) in [5, 5.41) is 3.61. The van der Waals surface area contributed by atoms with Crippen LogP contribution in [-0.2, 0) is 0 Å². The summed E-state index contributed by atoms with van der Waals surface area (Å²) in [5.41, 5.74) is 0.731. The quantitative estimate of drug-likeness (QED) is 0.926. The predicted octanol–water partition coefficient (Wildman–Crippen LogP) is 3.46. The second-order valence-corrected chi connectivity index (χ2v) is 6.53. The van der Waals surface area contributed by atoms with Crippen LogP contribution < -0.4 is 5.32 Å². The minimum Gasteiger partial charge on any atom is -0.351 e. The molecule has 1 heterocycles. The van der Waals surface area contributed by atoms with Gasteiger partial charge in [-0.2, -0.15) is 11.8 Å². The molecule has 0 aromatic heterocycles. The Hall–Kier alpha value is -0.480. The van der Waals surface area contributed by atoms with Gasteiger partial charge >= 0.3 is 0 Å². The van der Waals surface area contributed by atoms with Gasteiger partial charge in [-0.25, -0.2) is 0 Å². The van der Waals surface area contributed by atoms with Crippen molar-refractivity contribution in [1.29, 1.82) is 0 Å². The van der Waals surface area contributed by atoms with Crippen molar-refractivity contribution in [2.75, 3.05) is 12.3 Å². The van der Waals surface area contributed by atoms with E-state index in [1.807, 2.05) is 36.0 Å². The van der Waals surface area contributed by atoms with Gasteiger partial charge in [-0.1, -0.05) is 22.4 Å². The molecule has 4 heteroatoms. The molecule has 1 unspecified atom stereocenters. The van der Waals surface area contributed by atoms with Gasteiger partial charge in [-0.15, -0.1) is 0 Å². The van der Waals surface area contributed by atoms with Gasteiger partial charge in [0.2, 0.25) is 0 Å². The van der Waals surface area contributed by atoms with Crippen LogP contribution in [-0.4, -0.2) is 23.5 Å². The van der Waals surface area contributed by atoms with E-state index in [0.29, 0.717) is 5.25 Å². The second-order valence-electron chi connectivity index (χ2n) is 4.21. The van der Waals surface area contributed by atoms with E-state index >= 15 is 0 Å². The summed E-state index contributed by atoms with van der Waals surface area (Å²) in [4.78, 5) is 11.9. The molecule has 0 saturated carbocycles. The number of amides is 1. The predicted molar refractivity (Wildman–Crippen MR) is 76.6 cm³/mol. The maximum atomic E-state index is 11.9. The Labute approximate surface area is 115 Å². The van der Waals surface area contributed by atoms with Crippen molar-refractivity contribution < 1.29 is 4.79 Å². The summed E-state index contributed by atoms with van der Waals surface area (Å²) in [7, 11) is 0. The maximum Gasteiger partial charge on any atom is 0.251 e. The van der Waals surface area contributed by atoms with Crippen molar-refractivity contribution in [3.8, 4) is 0 Å². The van der Waals surface area contributed by atoms with Crippen LogP contribution in [0.4, 0.5) is 0 Å². The number of thioether (sulfide) groups is 1. The number of carbonyl (C=O) groups is 1. The lowest BCUT2D eigenvalue weighted by Crippen LogP contribution is -2.31. The molecule has 2 rings (SSSR count). The van der Waals surface area contributed by atoms with Gasteiger partial charge in [0, 0.05) is 21.8 Å². The molecule has 1 aliphatic heterocycles. The minimum absolute atomic E-state index is 0.0312. The molecule has 1 aliphatic rings. The number of nitrogens with one attached hydrogen (secondary N) is 1. The van der Waals surface area contributed by atoms with E-state index in [4.69, 9.17) is 0 Å². The zero-order chi connectivity index (χ0) is 12.1. The maximum absolute atomic E-state index is 11.9. The molecule has 92 valence electrons. The van der Waals surface area contributed by atoms with Crippen molar-refractivity contribution in [2.24, 2.45) is 0 Å². The van der Waals surface area contributed by atoms with Crippen molar-refractivity contribution >= 4 is 33.6 Å². The van der Waals surface area contributed by atoms with E-state index in [1.165, 1.54) is 25.0 Å². The molecule has 0 spiro atoms. The van der Waals surface area contributed by atoms with Crippen molar-refractivity contribution in [3.05, 3.63) is 34.3 Å². The van der Waals surface area contributed by atoms with Gasteiger partial charge in [0.25, 0.3) is 5.91 Å². The highest BCUT2D eigenvalue weighted by Gasteiger charge is 2.15.